The van der Waals surface area contributed by atoms with Crippen molar-refractivity contribution in [3.05, 3.63) is 42.1 Å². The molecule has 0 radical (unpaired) electrons. The first-order valence-corrected chi connectivity index (χ1v) is 8.23. The number of aromatic nitrogens is 3. The summed E-state index contributed by atoms with van der Waals surface area (Å²) in [6.45, 7) is 3.86. The number of nitrogens with zero attached hydrogens (tertiary/aromatic N) is 3. The Morgan fingerprint density at radius 2 is 1.96 bits per heavy atom. The molecule has 6 nitrogen and oxygen atoms in total. The monoisotopic (exact) mass is 325 g/mol. The zero-order valence-electron chi connectivity index (χ0n) is 14.1. The molecule has 3 rings (SSSR count). The van der Waals surface area contributed by atoms with Crippen molar-refractivity contribution in [1.82, 2.24) is 19.9 Å². The first kappa shape index (κ1) is 16.3. The first-order chi connectivity index (χ1) is 11.7. The number of anilines is 1. The number of hydrogen-bond donors (Lipinski definition) is 3. The predicted molar refractivity (Wildman–Crippen MR) is 96.5 cm³/mol. The molecule has 6 heteroatoms. The maximum atomic E-state index is 10.1. The van der Waals surface area contributed by atoms with E-state index in [-0.39, 0.29) is 5.75 Å². The van der Waals surface area contributed by atoms with Crippen LogP contribution in [0.15, 0.2) is 36.5 Å². The lowest BCUT2D eigenvalue weighted by atomic mass is 10.1. The Kier molecular flexibility index (Phi) is 4.96. The lowest BCUT2D eigenvalue weighted by molar-refractivity contribution is 0.477. The molecule has 0 spiro atoms. The summed E-state index contributed by atoms with van der Waals surface area (Å²) in [5.74, 6) is 1.11. The number of unbranched alkanes of at least 4 members (excludes halogenated alkanes) is 1. The Bertz CT molecular complexity index is 827. The van der Waals surface area contributed by atoms with E-state index in [2.05, 4.69) is 20.7 Å². The van der Waals surface area contributed by atoms with Crippen molar-refractivity contribution < 1.29 is 5.11 Å². The van der Waals surface area contributed by atoms with Gasteiger partial charge in [-0.15, -0.1) is 0 Å². The van der Waals surface area contributed by atoms with Crippen molar-refractivity contribution in [2.24, 2.45) is 0 Å². The van der Waals surface area contributed by atoms with Crippen LogP contribution >= 0.6 is 0 Å². The van der Waals surface area contributed by atoms with E-state index in [0.29, 0.717) is 0 Å². The van der Waals surface area contributed by atoms with Crippen LogP contribution in [-0.2, 0) is 0 Å². The van der Waals surface area contributed by atoms with Gasteiger partial charge in [-0.05, 0) is 45.5 Å². The van der Waals surface area contributed by atoms with Gasteiger partial charge in [0.25, 0.3) is 0 Å². The molecule has 1 aromatic carbocycles. The normalized spacial score (nSPS) is 11.1. The molecule has 24 heavy (non-hydrogen) atoms. The van der Waals surface area contributed by atoms with Crippen molar-refractivity contribution >= 4 is 11.5 Å². The van der Waals surface area contributed by atoms with Crippen molar-refractivity contribution in [3.8, 4) is 17.0 Å². The summed E-state index contributed by atoms with van der Waals surface area (Å²) in [5.41, 5.74) is 3.26. The molecule has 0 amide bonds. The van der Waals surface area contributed by atoms with Gasteiger partial charge in [-0.2, -0.15) is 9.61 Å². The largest absolute Gasteiger partial charge is 0.507 e. The van der Waals surface area contributed by atoms with Gasteiger partial charge in [-0.3, -0.25) is 0 Å². The third-order valence-corrected chi connectivity index (χ3v) is 3.99. The van der Waals surface area contributed by atoms with Crippen LogP contribution < -0.4 is 10.6 Å². The molecule has 0 aliphatic rings. The fourth-order valence-electron chi connectivity index (χ4n) is 2.67. The summed E-state index contributed by atoms with van der Waals surface area (Å²) in [5, 5.41) is 21.1. The van der Waals surface area contributed by atoms with E-state index in [1.165, 1.54) is 0 Å². The molecule has 3 N–H and O–H groups in total. The number of benzene rings is 1. The van der Waals surface area contributed by atoms with Gasteiger partial charge >= 0.3 is 0 Å². The number of fused-ring (bicyclic) bond motifs is 1. The van der Waals surface area contributed by atoms with Crippen LogP contribution in [0.1, 0.15) is 18.4 Å². The van der Waals surface area contributed by atoms with Crippen molar-refractivity contribution in [3.63, 3.8) is 0 Å². The Hall–Kier alpha value is -2.60. The highest BCUT2D eigenvalue weighted by molar-refractivity contribution is 5.72. The molecule has 0 bridgehead atoms. The molecule has 0 aliphatic carbocycles. The summed E-state index contributed by atoms with van der Waals surface area (Å²) >= 11 is 0. The molecule has 0 saturated carbocycles. The average molecular weight is 325 g/mol. The number of hydrogen-bond acceptors (Lipinski definition) is 5. The Labute approximate surface area is 141 Å². The van der Waals surface area contributed by atoms with Crippen LogP contribution in [0.4, 0.5) is 5.82 Å². The minimum atomic E-state index is 0.228. The highest BCUT2D eigenvalue weighted by Gasteiger charge is 2.12. The Balaban J connectivity index is 1.94. The van der Waals surface area contributed by atoms with Crippen LogP contribution in [0.2, 0.25) is 0 Å². The zero-order valence-corrected chi connectivity index (χ0v) is 14.1. The number of phenols is 1. The third kappa shape index (κ3) is 3.33. The molecule has 0 atom stereocenters. The highest BCUT2D eigenvalue weighted by atomic mass is 16.3. The number of para-hydroxylation sites is 1. The molecule has 0 aliphatic heterocycles. The van der Waals surface area contributed by atoms with Gasteiger partial charge in [-0.1, -0.05) is 12.1 Å². The van der Waals surface area contributed by atoms with E-state index >= 15 is 0 Å². The summed E-state index contributed by atoms with van der Waals surface area (Å²) in [4.78, 5) is 4.67. The zero-order chi connectivity index (χ0) is 16.9. The highest BCUT2D eigenvalue weighted by Crippen LogP contribution is 2.29. The third-order valence-electron chi connectivity index (χ3n) is 3.99. The topological polar surface area (TPSA) is 74.5 Å². The minimum Gasteiger partial charge on any atom is -0.507 e. The maximum absolute atomic E-state index is 10.1. The second-order valence-corrected chi connectivity index (χ2v) is 5.84. The smallest absolute Gasteiger partial charge is 0.160 e. The summed E-state index contributed by atoms with van der Waals surface area (Å²) < 4.78 is 1.82. The van der Waals surface area contributed by atoms with Crippen LogP contribution in [0.5, 0.6) is 5.75 Å². The predicted octanol–water partition coefficient (Wildman–Crippen LogP) is 2.82. The molecule has 0 unspecified atom stereocenters. The van der Waals surface area contributed by atoms with Gasteiger partial charge in [0.2, 0.25) is 0 Å². The van der Waals surface area contributed by atoms with Crippen LogP contribution in [0, 0.1) is 6.92 Å². The van der Waals surface area contributed by atoms with Gasteiger partial charge in [0.05, 0.1) is 11.9 Å². The van der Waals surface area contributed by atoms with Gasteiger partial charge in [-0.25, -0.2) is 4.98 Å². The fraction of sp³-hybridized carbons (Fsp3) is 0.333. The molecule has 0 fully saturated rings. The van der Waals surface area contributed by atoms with E-state index in [0.717, 1.165) is 54.2 Å². The van der Waals surface area contributed by atoms with Crippen LogP contribution in [0.25, 0.3) is 16.9 Å². The van der Waals surface area contributed by atoms with E-state index in [9.17, 15) is 5.11 Å². The maximum Gasteiger partial charge on any atom is 0.160 e. The van der Waals surface area contributed by atoms with Crippen LogP contribution in [-0.4, -0.2) is 39.8 Å². The molecule has 2 aromatic heterocycles. The number of aromatic hydroxyl groups is 1. The Morgan fingerprint density at radius 3 is 2.75 bits per heavy atom. The Morgan fingerprint density at radius 1 is 1.17 bits per heavy atom. The van der Waals surface area contributed by atoms with E-state index in [1.54, 1.807) is 6.07 Å². The summed E-state index contributed by atoms with van der Waals surface area (Å²) in [7, 11) is 1.96. The molecule has 3 aromatic rings. The average Bonchev–Trinajstić information content (AvgIpc) is 2.96. The number of rotatable bonds is 7. The van der Waals surface area contributed by atoms with Crippen LogP contribution in [0.3, 0.4) is 0 Å². The van der Waals surface area contributed by atoms with Crippen molar-refractivity contribution in [1.29, 1.82) is 0 Å². The number of nitrogens with one attached hydrogen (secondary N) is 2. The van der Waals surface area contributed by atoms with E-state index in [1.807, 2.05) is 48.9 Å². The first-order valence-electron chi connectivity index (χ1n) is 8.23. The van der Waals surface area contributed by atoms with Crippen molar-refractivity contribution in [2.45, 2.75) is 19.8 Å². The molecular formula is C18H23N5O. The van der Waals surface area contributed by atoms with Crippen molar-refractivity contribution in [2.75, 3.05) is 25.5 Å². The molecule has 0 saturated heterocycles. The van der Waals surface area contributed by atoms with Gasteiger partial charge in [0.1, 0.15) is 11.6 Å². The SMILES string of the molecule is CNCCCCNc1cc(-c2ccccc2O)nc2c(C)cnn12. The standard InChI is InChI=1S/C18H23N5O/c1-13-12-21-23-17(20-10-6-5-9-19-2)11-15(22-18(13)23)14-7-3-4-8-16(14)24/h3-4,7-8,11-12,19-20,24H,5-6,9-10H2,1-2H3. The second-order valence-electron chi connectivity index (χ2n) is 5.84. The van der Waals surface area contributed by atoms with Gasteiger partial charge in [0.15, 0.2) is 5.65 Å². The molecule has 126 valence electrons. The van der Waals surface area contributed by atoms with Gasteiger partial charge < -0.3 is 15.7 Å². The quantitative estimate of drug-likeness (QED) is 0.583. The summed E-state index contributed by atoms with van der Waals surface area (Å²) in [6.07, 6.45) is 3.99. The minimum absolute atomic E-state index is 0.228. The number of phenolic OH excluding ortho intramolecular Hbond substituents is 1. The van der Waals surface area contributed by atoms with Gasteiger partial charge in [0, 0.05) is 23.7 Å². The van der Waals surface area contributed by atoms with E-state index < -0.39 is 0 Å². The fourth-order valence-corrected chi connectivity index (χ4v) is 2.67. The van der Waals surface area contributed by atoms with E-state index in [4.69, 9.17) is 0 Å². The number of aryl methyl sites for hydroxylation is 1. The lowest BCUT2D eigenvalue weighted by Crippen LogP contribution is -2.12. The molecular weight excluding hydrogens is 302 g/mol. The summed E-state index contributed by atoms with van der Waals surface area (Å²) in [6, 6.07) is 9.19. The lowest BCUT2D eigenvalue weighted by Gasteiger charge is -2.11. The second kappa shape index (κ2) is 7.31. The molecule has 2 heterocycles.